The van der Waals surface area contributed by atoms with Crippen LogP contribution in [0.3, 0.4) is 0 Å². The molecule has 0 aliphatic heterocycles. The van der Waals surface area contributed by atoms with E-state index in [1.54, 1.807) is 6.07 Å². The zero-order chi connectivity index (χ0) is 10.4. The molecule has 14 heavy (non-hydrogen) atoms. The summed E-state index contributed by atoms with van der Waals surface area (Å²) in [5.74, 6) is 0. The van der Waals surface area contributed by atoms with Crippen LogP contribution in [0.2, 0.25) is 5.02 Å². The van der Waals surface area contributed by atoms with Crippen LogP contribution in [-0.4, -0.2) is 0 Å². The highest BCUT2D eigenvalue weighted by atomic mass is 35.5. The third-order valence-electron chi connectivity index (χ3n) is 1.97. The molecule has 0 bridgehead atoms. The Bertz CT molecular complexity index is 399. The van der Waals surface area contributed by atoms with Crippen LogP contribution < -0.4 is 0 Å². The quantitative estimate of drug-likeness (QED) is 0.760. The molecule has 1 aromatic rings. The van der Waals surface area contributed by atoms with Crippen molar-refractivity contribution in [2.45, 2.75) is 19.3 Å². The van der Waals surface area contributed by atoms with E-state index in [0.717, 1.165) is 11.1 Å². The van der Waals surface area contributed by atoms with Gasteiger partial charge in [-0.2, -0.15) is 10.5 Å². The predicted octanol–water partition coefficient (Wildman–Crippen LogP) is 2.86. The Morgan fingerprint density at radius 1 is 1.21 bits per heavy atom. The van der Waals surface area contributed by atoms with Crippen LogP contribution in [0.5, 0.6) is 0 Å². The largest absolute Gasteiger partial charge is 0.198 e. The molecule has 0 fully saturated rings. The van der Waals surface area contributed by atoms with Crippen molar-refractivity contribution in [1.29, 1.82) is 10.5 Å². The number of nitrogens with zero attached hydrogens (tertiary/aromatic N) is 2. The first-order valence-electron chi connectivity index (χ1n) is 4.29. The second-order valence-corrected chi connectivity index (χ2v) is 3.28. The summed E-state index contributed by atoms with van der Waals surface area (Å²) in [6.45, 7) is 0. The SMILES string of the molecule is N#CCCc1c(Cl)cccc1CC#N. The minimum absolute atomic E-state index is 0.349. The molecule has 0 N–H and O–H groups in total. The maximum absolute atomic E-state index is 8.60. The van der Waals surface area contributed by atoms with Crippen LogP contribution in [0.15, 0.2) is 18.2 Å². The Balaban J connectivity index is 2.98. The second kappa shape index (κ2) is 5.27. The highest BCUT2D eigenvalue weighted by Crippen LogP contribution is 2.21. The molecule has 0 aliphatic rings. The van der Waals surface area contributed by atoms with E-state index >= 15 is 0 Å². The van der Waals surface area contributed by atoms with Gasteiger partial charge >= 0.3 is 0 Å². The molecule has 1 rings (SSSR count). The van der Waals surface area contributed by atoms with Gasteiger partial charge in [0.2, 0.25) is 0 Å². The van der Waals surface area contributed by atoms with Crippen molar-refractivity contribution in [2.24, 2.45) is 0 Å². The molecule has 0 aromatic heterocycles. The smallest absolute Gasteiger partial charge is 0.0669 e. The van der Waals surface area contributed by atoms with Gasteiger partial charge in [0, 0.05) is 11.4 Å². The molecule has 0 amide bonds. The zero-order valence-corrected chi connectivity index (χ0v) is 8.38. The molecule has 0 unspecified atom stereocenters. The number of nitriles is 2. The van der Waals surface area contributed by atoms with Crippen LogP contribution in [0, 0.1) is 22.7 Å². The lowest BCUT2D eigenvalue weighted by atomic mass is 10.0. The van der Waals surface area contributed by atoms with E-state index < -0.39 is 0 Å². The first kappa shape index (κ1) is 10.6. The van der Waals surface area contributed by atoms with Gasteiger partial charge in [-0.25, -0.2) is 0 Å². The van der Waals surface area contributed by atoms with Crippen LogP contribution in [-0.2, 0) is 12.8 Å². The Morgan fingerprint density at radius 3 is 2.64 bits per heavy atom. The summed E-state index contributed by atoms with van der Waals surface area (Å²) >= 11 is 5.98. The summed E-state index contributed by atoms with van der Waals surface area (Å²) in [7, 11) is 0. The summed E-state index contributed by atoms with van der Waals surface area (Å²) in [6, 6.07) is 9.65. The maximum atomic E-state index is 8.60. The first-order chi connectivity index (χ1) is 6.79. The minimum Gasteiger partial charge on any atom is -0.198 e. The number of halogens is 1. The van der Waals surface area contributed by atoms with Crippen molar-refractivity contribution in [2.75, 3.05) is 0 Å². The Labute approximate surface area is 88.3 Å². The Kier molecular flexibility index (Phi) is 3.98. The Morgan fingerprint density at radius 2 is 2.00 bits per heavy atom. The lowest BCUT2D eigenvalue weighted by Gasteiger charge is -2.06. The molecule has 0 spiro atoms. The fourth-order valence-corrected chi connectivity index (χ4v) is 1.60. The van der Waals surface area contributed by atoms with Gasteiger partial charge in [-0.3, -0.25) is 0 Å². The van der Waals surface area contributed by atoms with Gasteiger partial charge in [0.1, 0.15) is 0 Å². The van der Waals surface area contributed by atoms with Crippen LogP contribution in [0.1, 0.15) is 17.5 Å². The fraction of sp³-hybridized carbons (Fsp3) is 0.273. The van der Waals surface area contributed by atoms with E-state index in [9.17, 15) is 0 Å². The van der Waals surface area contributed by atoms with Crippen LogP contribution in [0.4, 0.5) is 0 Å². The molecule has 0 aliphatic carbocycles. The summed E-state index contributed by atoms with van der Waals surface area (Å²) in [6.07, 6.45) is 1.40. The van der Waals surface area contributed by atoms with Gasteiger partial charge in [-0.15, -0.1) is 0 Å². The van der Waals surface area contributed by atoms with Gasteiger partial charge in [0.25, 0.3) is 0 Å². The fourth-order valence-electron chi connectivity index (χ4n) is 1.31. The zero-order valence-electron chi connectivity index (χ0n) is 7.63. The highest BCUT2D eigenvalue weighted by Gasteiger charge is 2.05. The minimum atomic E-state index is 0.349. The van der Waals surface area contributed by atoms with Gasteiger partial charge < -0.3 is 0 Å². The third kappa shape index (κ3) is 2.49. The van der Waals surface area contributed by atoms with Gasteiger partial charge in [0.15, 0.2) is 0 Å². The van der Waals surface area contributed by atoms with Crippen LogP contribution >= 0.6 is 11.6 Å². The summed E-state index contributed by atoms with van der Waals surface area (Å²) in [4.78, 5) is 0. The maximum Gasteiger partial charge on any atom is 0.0669 e. The number of hydrogen-bond acceptors (Lipinski definition) is 2. The second-order valence-electron chi connectivity index (χ2n) is 2.87. The molecule has 0 saturated heterocycles. The molecule has 1 aromatic carbocycles. The van der Waals surface area contributed by atoms with E-state index in [1.165, 1.54) is 0 Å². The standard InChI is InChI=1S/C11H9ClN2/c12-11-5-1-3-9(6-8-14)10(11)4-2-7-13/h1,3,5H,2,4,6H2. The molecular formula is C11H9ClN2. The normalized spacial score (nSPS) is 9.07. The summed E-state index contributed by atoms with van der Waals surface area (Å²) in [5, 5.41) is 17.7. The van der Waals surface area contributed by atoms with E-state index in [0.29, 0.717) is 24.3 Å². The van der Waals surface area contributed by atoms with Crippen molar-refractivity contribution in [3.8, 4) is 12.1 Å². The molecule has 2 nitrogen and oxygen atoms in total. The van der Waals surface area contributed by atoms with E-state index in [-0.39, 0.29) is 0 Å². The van der Waals surface area contributed by atoms with Crippen molar-refractivity contribution < 1.29 is 0 Å². The average Bonchev–Trinajstić information content (AvgIpc) is 2.18. The topological polar surface area (TPSA) is 47.6 Å². The molecule has 3 heteroatoms. The predicted molar refractivity (Wildman–Crippen MR) is 54.7 cm³/mol. The van der Waals surface area contributed by atoms with Crippen molar-refractivity contribution >= 4 is 11.6 Å². The Hall–Kier alpha value is -1.51. The summed E-state index contributed by atoms with van der Waals surface area (Å²) < 4.78 is 0. The molecule has 70 valence electrons. The monoisotopic (exact) mass is 204 g/mol. The molecule has 0 heterocycles. The molecular weight excluding hydrogens is 196 g/mol. The van der Waals surface area contributed by atoms with Crippen molar-refractivity contribution in [1.82, 2.24) is 0 Å². The van der Waals surface area contributed by atoms with Crippen molar-refractivity contribution in [3.63, 3.8) is 0 Å². The van der Waals surface area contributed by atoms with E-state index in [2.05, 4.69) is 12.1 Å². The van der Waals surface area contributed by atoms with Crippen molar-refractivity contribution in [3.05, 3.63) is 34.3 Å². The van der Waals surface area contributed by atoms with Gasteiger partial charge in [-0.1, -0.05) is 23.7 Å². The molecule has 0 saturated carbocycles. The highest BCUT2D eigenvalue weighted by molar-refractivity contribution is 6.31. The summed E-state index contributed by atoms with van der Waals surface area (Å²) in [5.41, 5.74) is 1.85. The van der Waals surface area contributed by atoms with E-state index in [1.807, 2.05) is 12.1 Å². The molecule has 0 atom stereocenters. The first-order valence-corrected chi connectivity index (χ1v) is 4.67. The average molecular weight is 205 g/mol. The number of rotatable bonds is 3. The lowest BCUT2D eigenvalue weighted by Crippen LogP contribution is -1.94. The van der Waals surface area contributed by atoms with Gasteiger partial charge in [0.05, 0.1) is 18.6 Å². The third-order valence-corrected chi connectivity index (χ3v) is 2.33. The van der Waals surface area contributed by atoms with Gasteiger partial charge in [-0.05, 0) is 23.6 Å². The number of hydrogen-bond donors (Lipinski definition) is 0. The molecule has 0 radical (unpaired) electrons. The lowest BCUT2D eigenvalue weighted by molar-refractivity contribution is 0.985. The van der Waals surface area contributed by atoms with E-state index in [4.69, 9.17) is 22.1 Å². The number of benzene rings is 1. The van der Waals surface area contributed by atoms with Crippen LogP contribution in [0.25, 0.3) is 0 Å².